The van der Waals surface area contributed by atoms with Crippen LogP contribution in [-0.4, -0.2) is 36.7 Å². The fraction of sp³-hybridized carbons (Fsp3) is 0.333. The van der Waals surface area contributed by atoms with E-state index in [0.717, 1.165) is 59.0 Å². The van der Waals surface area contributed by atoms with Gasteiger partial charge in [-0.1, -0.05) is 45.2 Å². The summed E-state index contributed by atoms with van der Waals surface area (Å²) in [7, 11) is 2.14. The largest absolute Gasteiger partial charge is 0.363 e. The van der Waals surface area contributed by atoms with E-state index in [4.69, 9.17) is 33.2 Å². The summed E-state index contributed by atoms with van der Waals surface area (Å²) >= 11 is 16.7. The second-order valence-corrected chi connectivity index (χ2v) is 9.76. The number of amidine groups is 2. The Labute approximate surface area is 181 Å². The Morgan fingerprint density at radius 1 is 1.11 bits per heavy atom. The second-order valence-electron chi connectivity index (χ2n) is 8.00. The second kappa shape index (κ2) is 5.53. The van der Waals surface area contributed by atoms with Gasteiger partial charge in [0.1, 0.15) is 11.7 Å². The van der Waals surface area contributed by atoms with Crippen molar-refractivity contribution in [3.63, 3.8) is 0 Å². The molecule has 6 rings (SSSR count). The fourth-order valence-electron chi connectivity index (χ4n) is 5.85. The van der Waals surface area contributed by atoms with Gasteiger partial charge in [-0.15, -0.1) is 0 Å². The minimum atomic E-state index is -0.320. The summed E-state index contributed by atoms with van der Waals surface area (Å²) < 4.78 is 1.04. The van der Waals surface area contributed by atoms with E-state index in [1.54, 1.807) is 6.07 Å². The van der Waals surface area contributed by atoms with Gasteiger partial charge in [0.25, 0.3) is 0 Å². The highest BCUT2D eigenvalue weighted by molar-refractivity contribution is 9.10. The van der Waals surface area contributed by atoms with Gasteiger partial charge in [0.05, 0.1) is 21.5 Å². The molecule has 0 amide bonds. The molecular formula is C21H17BrCl2N4. The van der Waals surface area contributed by atoms with Crippen molar-refractivity contribution in [3.8, 4) is 0 Å². The third kappa shape index (κ3) is 1.84. The molecule has 4 aliphatic heterocycles. The van der Waals surface area contributed by atoms with Crippen LogP contribution in [0, 0.1) is 0 Å². The van der Waals surface area contributed by atoms with Crippen LogP contribution in [0.1, 0.15) is 24.0 Å². The number of benzene rings is 2. The molecule has 7 heteroatoms. The standard InChI is InChI=1S/C21H17BrCl2N4/c1-28-7-5-21-13-3-2-11(22)8-16(13)26-18-20(21,4-6-25-19(21)28)14-9-12(23)10-15(24)17(14)27-18/h2-3,8-10H,4-7H2,1H3,(H,26,27)/t20-,21+/m1/s1. The summed E-state index contributed by atoms with van der Waals surface area (Å²) in [5.74, 6) is 2.13. The molecule has 2 aromatic rings. The van der Waals surface area contributed by atoms with Gasteiger partial charge in [-0.2, -0.15) is 0 Å². The third-order valence-corrected chi connectivity index (χ3v) is 7.85. The van der Waals surface area contributed by atoms with Crippen LogP contribution in [-0.2, 0) is 10.8 Å². The molecule has 4 aliphatic rings. The average Bonchev–Trinajstić information content (AvgIpc) is 3.16. The van der Waals surface area contributed by atoms with E-state index in [1.807, 2.05) is 0 Å². The lowest BCUT2D eigenvalue weighted by molar-refractivity contribution is 0.346. The number of hydrogen-bond acceptors (Lipinski definition) is 4. The Kier molecular flexibility index (Phi) is 3.42. The van der Waals surface area contributed by atoms with Crippen LogP contribution < -0.4 is 5.32 Å². The first-order valence-corrected chi connectivity index (χ1v) is 10.9. The molecule has 0 aliphatic carbocycles. The molecule has 28 heavy (non-hydrogen) atoms. The number of fused-ring (bicyclic) bond motifs is 2. The molecule has 1 saturated heterocycles. The maximum absolute atomic E-state index is 6.61. The SMILES string of the molecule is CN1CC[C@]23C1=NCC[C@@]21C(=Nc2c(Cl)cc(Cl)cc21)Nc1cc(Br)ccc13. The van der Waals surface area contributed by atoms with E-state index < -0.39 is 0 Å². The topological polar surface area (TPSA) is 40.0 Å². The Morgan fingerprint density at radius 3 is 2.82 bits per heavy atom. The summed E-state index contributed by atoms with van der Waals surface area (Å²) in [5.41, 5.74) is 3.75. The van der Waals surface area contributed by atoms with E-state index in [2.05, 4.69) is 57.5 Å². The van der Waals surface area contributed by atoms with Gasteiger partial charge in [-0.3, -0.25) is 4.99 Å². The molecule has 0 unspecified atom stereocenters. The maximum Gasteiger partial charge on any atom is 0.119 e. The number of anilines is 1. The van der Waals surface area contributed by atoms with E-state index in [-0.39, 0.29) is 10.8 Å². The van der Waals surface area contributed by atoms with Crippen molar-refractivity contribution in [2.24, 2.45) is 9.98 Å². The number of hydrogen-bond donors (Lipinski definition) is 1. The first-order valence-electron chi connectivity index (χ1n) is 9.39. The van der Waals surface area contributed by atoms with Gasteiger partial charge >= 0.3 is 0 Å². The first-order chi connectivity index (χ1) is 13.5. The lowest BCUT2D eigenvalue weighted by Gasteiger charge is -2.53. The number of nitrogens with zero attached hydrogens (tertiary/aromatic N) is 3. The number of rotatable bonds is 0. The molecule has 1 N–H and O–H groups in total. The van der Waals surface area contributed by atoms with Crippen molar-refractivity contribution in [1.82, 2.24) is 4.90 Å². The van der Waals surface area contributed by atoms with Gasteiger partial charge in [-0.05, 0) is 48.2 Å². The van der Waals surface area contributed by atoms with Crippen LogP contribution >= 0.6 is 39.1 Å². The molecule has 4 nitrogen and oxygen atoms in total. The van der Waals surface area contributed by atoms with Crippen molar-refractivity contribution < 1.29 is 0 Å². The number of aliphatic imine (C=N–C) groups is 2. The Hall–Kier alpha value is -1.56. The molecule has 2 aromatic carbocycles. The molecule has 1 fully saturated rings. The van der Waals surface area contributed by atoms with Crippen LogP contribution in [0.3, 0.4) is 0 Å². The van der Waals surface area contributed by atoms with Crippen LogP contribution in [0.5, 0.6) is 0 Å². The van der Waals surface area contributed by atoms with Gasteiger partial charge in [0.15, 0.2) is 0 Å². The highest BCUT2D eigenvalue weighted by atomic mass is 79.9. The molecule has 2 atom stereocenters. The molecule has 2 spiro atoms. The van der Waals surface area contributed by atoms with Crippen LogP contribution in [0.15, 0.2) is 44.8 Å². The monoisotopic (exact) mass is 474 g/mol. The molecule has 0 radical (unpaired) electrons. The zero-order valence-electron chi connectivity index (χ0n) is 15.2. The molecule has 0 aromatic heterocycles. The highest BCUT2D eigenvalue weighted by Crippen LogP contribution is 2.64. The lowest BCUT2D eigenvalue weighted by atomic mass is 9.51. The first kappa shape index (κ1) is 17.3. The summed E-state index contributed by atoms with van der Waals surface area (Å²) in [6.07, 6.45) is 1.87. The fourth-order valence-corrected chi connectivity index (χ4v) is 6.74. The molecule has 0 saturated carbocycles. The molecule has 142 valence electrons. The van der Waals surface area contributed by atoms with Crippen molar-refractivity contribution >= 4 is 62.2 Å². The van der Waals surface area contributed by atoms with Crippen molar-refractivity contribution in [1.29, 1.82) is 0 Å². The molecule has 0 bridgehead atoms. The van der Waals surface area contributed by atoms with E-state index in [0.29, 0.717) is 10.0 Å². The normalized spacial score (nSPS) is 29.1. The zero-order valence-corrected chi connectivity index (χ0v) is 18.3. The Bertz CT molecular complexity index is 1130. The smallest absolute Gasteiger partial charge is 0.119 e. The number of halogens is 3. The van der Waals surface area contributed by atoms with E-state index in [9.17, 15) is 0 Å². The summed E-state index contributed by atoms with van der Waals surface area (Å²) in [6, 6.07) is 10.3. The van der Waals surface area contributed by atoms with Crippen LogP contribution in [0.2, 0.25) is 10.0 Å². The quantitative estimate of drug-likeness (QED) is 0.543. The zero-order chi connectivity index (χ0) is 19.3. The van der Waals surface area contributed by atoms with Gasteiger partial charge < -0.3 is 10.2 Å². The molecular weight excluding hydrogens is 459 g/mol. The number of nitrogens with one attached hydrogen (secondary N) is 1. The predicted octanol–water partition coefficient (Wildman–Crippen LogP) is 5.54. The summed E-state index contributed by atoms with van der Waals surface area (Å²) in [5, 5.41) is 4.91. The minimum absolute atomic E-state index is 0.265. The number of likely N-dealkylation sites (N-methyl/N-ethyl adjacent to an activating group) is 1. The maximum atomic E-state index is 6.61. The van der Waals surface area contributed by atoms with Crippen LogP contribution in [0.25, 0.3) is 0 Å². The van der Waals surface area contributed by atoms with Crippen molar-refractivity contribution in [3.05, 3.63) is 56.0 Å². The van der Waals surface area contributed by atoms with Gasteiger partial charge in [0.2, 0.25) is 0 Å². The lowest BCUT2D eigenvalue weighted by Crippen LogP contribution is -2.63. The van der Waals surface area contributed by atoms with Gasteiger partial charge in [-0.25, -0.2) is 4.99 Å². The number of likely N-dealkylation sites (tertiary alicyclic amines) is 1. The predicted molar refractivity (Wildman–Crippen MR) is 119 cm³/mol. The summed E-state index contributed by atoms with van der Waals surface area (Å²) in [4.78, 5) is 12.4. The highest BCUT2D eigenvalue weighted by Gasteiger charge is 2.68. The molecule has 4 heterocycles. The third-order valence-electron chi connectivity index (χ3n) is 6.85. The van der Waals surface area contributed by atoms with Gasteiger partial charge in [0, 0.05) is 35.3 Å². The average molecular weight is 476 g/mol. The Balaban J connectivity index is 1.76. The van der Waals surface area contributed by atoms with Crippen molar-refractivity contribution in [2.75, 3.05) is 25.5 Å². The summed E-state index contributed by atoms with van der Waals surface area (Å²) in [6.45, 7) is 1.73. The van der Waals surface area contributed by atoms with E-state index >= 15 is 0 Å². The van der Waals surface area contributed by atoms with Crippen LogP contribution in [0.4, 0.5) is 11.4 Å². The minimum Gasteiger partial charge on any atom is -0.363 e. The Morgan fingerprint density at radius 2 is 1.96 bits per heavy atom. The van der Waals surface area contributed by atoms with Crippen molar-refractivity contribution in [2.45, 2.75) is 23.7 Å². The van der Waals surface area contributed by atoms with E-state index in [1.165, 1.54) is 5.56 Å².